The highest BCUT2D eigenvalue weighted by molar-refractivity contribution is 7.99. The summed E-state index contributed by atoms with van der Waals surface area (Å²) < 4.78 is 5.74. The van der Waals surface area contributed by atoms with Gasteiger partial charge in [0.05, 0.1) is 0 Å². The second-order valence-electron chi connectivity index (χ2n) is 7.26. The molecule has 0 radical (unpaired) electrons. The van der Waals surface area contributed by atoms with Crippen molar-refractivity contribution in [2.24, 2.45) is 5.92 Å². The number of aromatic carboxylic acids is 1. The maximum atomic E-state index is 11.4. The van der Waals surface area contributed by atoms with E-state index in [-0.39, 0.29) is 16.9 Å². The lowest BCUT2D eigenvalue weighted by molar-refractivity contribution is 0.0692. The molecule has 1 heterocycles. The van der Waals surface area contributed by atoms with E-state index in [1.807, 2.05) is 24.3 Å². The van der Waals surface area contributed by atoms with Crippen molar-refractivity contribution >= 4 is 17.7 Å². The molecule has 5 nitrogen and oxygen atoms in total. The average Bonchev–Trinajstić information content (AvgIpc) is 2.52. The van der Waals surface area contributed by atoms with Gasteiger partial charge in [0.25, 0.3) is 0 Å². The first-order valence-corrected chi connectivity index (χ1v) is 9.17. The fraction of sp³-hybridized carbons (Fsp3) is 0.421. The van der Waals surface area contributed by atoms with Gasteiger partial charge in [0.2, 0.25) is 5.88 Å². The van der Waals surface area contributed by atoms with E-state index in [4.69, 9.17) is 4.74 Å². The van der Waals surface area contributed by atoms with E-state index in [0.717, 1.165) is 5.75 Å². The summed E-state index contributed by atoms with van der Waals surface area (Å²) in [6.45, 7) is 10.6. The van der Waals surface area contributed by atoms with Crippen molar-refractivity contribution in [1.82, 2.24) is 9.97 Å². The van der Waals surface area contributed by atoms with Crippen molar-refractivity contribution < 1.29 is 14.6 Å². The molecule has 0 saturated carbocycles. The molecule has 134 valence electrons. The third kappa shape index (κ3) is 5.46. The molecular formula is C19H24N2O3S. The van der Waals surface area contributed by atoms with Crippen molar-refractivity contribution in [2.45, 2.75) is 45.2 Å². The van der Waals surface area contributed by atoms with Crippen LogP contribution in [0.15, 0.2) is 35.6 Å². The first-order valence-electron chi connectivity index (χ1n) is 8.18. The zero-order valence-corrected chi connectivity index (χ0v) is 16.1. The van der Waals surface area contributed by atoms with Crippen LogP contribution in [-0.4, -0.2) is 26.8 Å². The maximum Gasteiger partial charge on any atom is 0.342 e. The molecule has 0 bridgehead atoms. The Morgan fingerprint density at radius 1 is 1.24 bits per heavy atom. The number of nitrogens with zero attached hydrogens (tertiary/aromatic N) is 2. The normalized spacial score (nSPS) is 11.6. The Morgan fingerprint density at radius 3 is 2.40 bits per heavy atom. The Labute approximate surface area is 152 Å². The number of hydrogen-bond donors (Lipinski definition) is 1. The van der Waals surface area contributed by atoms with Crippen molar-refractivity contribution in [3.05, 3.63) is 41.6 Å². The van der Waals surface area contributed by atoms with E-state index in [1.165, 1.54) is 23.5 Å². The van der Waals surface area contributed by atoms with Gasteiger partial charge in [0.15, 0.2) is 5.16 Å². The largest absolute Gasteiger partial charge is 0.477 e. The summed E-state index contributed by atoms with van der Waals surface area (Å²) >= 11 is 1.48. The van der Waals surface area contributed by atoms with Gasteiger partial charge < -0.3 is 9.84 Å². The summed E-state index contributed by atoms with van der Waals surface area (Å²) in [5.41, 5.74) is 1.17. The standard InChI is InChI=1S/C19H24N2O3S/c1-12(2)11-25-18-20-10-15(17(22)23)16(21-18)24-14-8-6-13(7-9-14)19(3,4)5/h6-10,12H,11H2,1-5H3,(H,22,23). The van der Waals surface area contributed by atoms with E-state index >= 15 is 0 Å². The highest BCUT2D eigenvalue weighted by Gasteiger charge is 2.17. The minimum atomic E-state index is -1.11. The van der Waals surface area contributed by atoms with Gasteiger partial charge in [0, 0.05) is 11.9 Å². The molecule has 0 aliphatic rings. The monoisotopic (exact) mass is 360 g/mol. The summed E-state index contributed by atoms with van der Waals surface area (Å²) in [4.78, 5) is 19.8. The molecular weight excluding hydrogens is 336 g/mol. The Bertz CT molecular complexity index is 737. The molecule has 0 atom stereocenters. The molecule has 0 amide bonds. The molecule has 2 aromatic rings. The second-order valence-corrected chi connectivity index (χ2v) is 8.25. The number of carbonyl (C=O) groups is 1. The molecule has 0 aliphatic heterocycles. The van der Waals surface area contributed by atoms with Crippen LogP contribution in [0, 0.1) is 5.92 Å². The van der Waals surface area contributed by atoms with Crippen LogP contribution in [-0.2, 0) is 5.41 Å². The second kappa shape index (κ2) is 7.87. The van der Waals surface area contributed by atoms with Gasteiger partial charge in [-0.1, -0.05) is 58.5 Å². The first kappa shape index (κ1) is 19.2. The van der Waals surface area contributed by atoms with Crippen molar-refractivity contribution in [3.8, 4) is 11.6 Å². The number of carboxylic acid groups (broad SMARTS) is 1. The van der Waals surface area contributed by atoms with E-state index < -0.39 is 5.97 Å². The minimum absolute atomic E-state index is 0.0420. The molecule has 0 fully saturated rings. The van der Waals surface area contributed by atoms with E-state index in [0.29, 0.717) is 16.8 Å². The van der Waals surface area contributed by atoms with Crippen LogP contribution in [0.3, 0.4) is 0 Å². The first-order chi connectivity index (χ1) is 11.7. The van der Waals surface area contributed by atoms with Crippen LogP contribution in [0.4, 0.5) is 0 Å². The van der Waals surface area contributed by atoms with Crippen LogP contribution in [0.2, 0.25) is 0 Å². The van der Waals surface area contributed by atoms with E-state index in [9.17, 15) is 9.90 Å². The smallest absolute Gasteiger partial charge is 0.342 e. The molecule has 1 aromatic carbocycles. The zero-order valence-electron chi connectivity index (χ0n) is 15.2. The third-order valence-corrected chi connectivity index (χ3v) is 4.73. The average molecular weight is 360 g/mol. The third-order valence-electron chi connectivity index (χ3n) is 3.44. The molecule has 6 heteroatoms. The van der Waals surface area contributed by atoms with Crippen LogP contribution >= 0.6 is 11.8 Å². The summed E-state index contributed by atoms with van der Waals surface area (Å²) in [7, 11) is 0. The number of rotatable bonds is 6. The molecule has 2 rings (SSSR count). The molecule has 0 spiro atoms. The topological polar surface area (TPSA) is 72.3 Å². The number of aromatic nitrogens is 2. The Morgan fingerprint density at radius 2 is 1.88 bits per heavy atom. The van der Waals surface area contributed by atoms with E-state index in [2.05, 4.69) is 44.6 Å². The molecule has 1 N–H and O–H groups in total. The summed E-state index contributed by atoms with van der Waals surface area (Å²) in [6, 6.07) is 7.61. The summed E-state index contributed by atoms with van der Waals surface area (Å²) in [5.74, 6) is 0.849. The molecule has 1 aromatic heterocycles. The van der Waals surface area contributed by atoms with E-state index in [1.54, 1.807) is 0 Å². The SMILES string of the molecule is CC(C)CSc1ncc(C(=O)O)c(Oc2ccc(C(C)(C)C)cc2)n1. The van der Waals surface area contributed by atoms with Gasteiger partial charge in [-0.25, -0.2) is 9.78 Å². The van der Waals surface area contributed by atoms with Gasteiger partial charge >= 0.3 is 5.97 Å². The predicted octanol–water partition coefficient (Wildman–Crippen LogP) is 5.01. The molecule has 0 unspecified atom stereocenters. The lowest BCUT2D eigenvalue weighted by Gasteiger charge is -2.19. The Kier molecular flexibility index (Phi) is 6.06. The lowest BCUT2D eigenvalue weighted by atomic mass is 9.87. The van der Waals surface area contributed by atoms with Crippen molar-refractivity contribution in [2.75, 3.05) is 5.75 Å². The Balaban J connectivity index is 2.26. The number of carboxylic acids is 1. The lowest BCUT2D eigenvalue weighted by Crippen LogP contribution is -2.10. The number of ether oxygens (including phenoxy) is 1. The number of thioether (sulfide) groups is 1. The van der Waals surface area contributed by atoms with Gasteiger partial charge in [0.1, 0.15) is 11.3 Å². The fourth-order valence-electron chi connectivity index (χ4n) is 2.02. The zero-order chi connectivity index (χ0) is 18.6. The van der Waals surface area contributed by atoms with Gasteiger partial charge in [-0.05, 0) is 29.0 Å². The van der Waals surface area contributed by atoms with Crippen LogP contribution in [0.25, 0.3) is 0 Å². The fourth-order valence-corrected chi connectivity index (χ4v) is 2.78. The van der Waals surface area contributed by atoms with Gasteiger partial charge in [-0.3, -0.25) is 0 Å². The van der Waals surface area contributed by atoms with Crippen molar-refractivity contribution in [3.63, 3.8) is 0 Å². The number of hydrogen-bond acceptors (Lipinski definition) is 5. The highest BCUT2D eigenvalue weighted by Crippen LogP contribution is 2.29. The van der Waals surface area contributed by atoms with Crippen LogP contribution < -0.4 is 4.74 Å². The minimum Gasteiger partial charge on any atom is -0.477 e. The molecule has 0 saturated heterocycles. The molecule has 0 aliphatic carbocycles. The Hall–Kier alpha value is -2.08. The van der Waals surface area contributed by atoms with Gasteiger partial charge in [-0.15, -0.1) is 0 Å². The van der Waals surface area contributed by atoms with Crippen molar-refractivity contribution in [1.29, 1.82) is 0 Å². The summed E-state index contributed by atoms with van der Waals surface area (Å²) in [5, 5.41) is 9.85. The number of benzene rings is 1. The van der Waals surface area contributed by atoms with Crippen LogP contribution in [0.1, 0.15) is 50.5 Å². The molecule has 25 heavy (non-hydrogen) atoms. The maximum absolute atomic E-state index is 11.4. The predicted molar refractivity (Wildman–Crippen MR) is 99.8 cm³/mol. The quantitative estimate of drug-likeness (QED) is 0.576. The van der Waals surface area contributed by atoms with Gasteiger partial charge in [-0.2, -0.15) is 4.98 Å². The highest BCUT2D eigenvalue weighted by atomic mass is 32.2. The summed E-state index contributed by atoms with van der Waals surface area (Å²) in [6.07, 6.45) is 1.30. The van der Waals surface area contributed by atoms with Crippen LogP contribution in [0.5, 0.6) is 11.6 Å².